The Morgan fingerprint density at radius 2 is 1.55 bits per heavy atom. The van der Waals surface area contributed by atoms with Crippen molar-refractivity contribution in [3.8, 4) is 0 Å². The van der Waals surface area contributed by atoms with Crippen LogP contribution in [0, 0.1) is 0 Å². The zero-order chi connectivity index (χ0) is 8.74. The quantitative estimate of drug-likeness (QED) is 0.478. The van der Waals surface area contributed by atoms with Crippen LogP contribution in [0.5, 0.6) is 0 Å². The zero-order valence-electron chi connectivity index (χ0n) is 7.64. The minimum atomic E-state index is -1.78. The Labute approximate surface area is 70.4 Å². The summed E-state index contributed by atoms with van der Waals surface area (Å²) < 4.78 is 0. The Morgan fingerprint density at radius 3 is 2.00 bits per heavy atom. The van der Waals surface area contributed by atoms with E-state index in [1.54, 1.807) is 0 Å². The van der Waals surface area contributed by atoms with Crippen LogP contribution in [0.25, 0.3) is 0 Å². The molecule has 0 unspecified atom stereocenters. The average molecular weight is 176 g/mol. The van der Waals surface area contributed by atoms with Gasteiger partial charge in [0.15, 0.2) is 8.32 Å². The summed E-state index contributed by atoms with van der Waals surface area (Å²) in [5, 5.41) is 8.48. The van der Waals surface area contributed by atoms with Gasteiger partial charge in [-0.3, -0.25) is 0 Å². The van der Waals surface area contributed by atoms with E-state index in [1.807, 2.05) is 13.1 Å². The predicted octanol–water partition coefficient (Wildman–Crippen LogP) is 1.74. The molecule has 0 saturated heterocycles. The molecule has 0 saturated carbocycles. The van der Waals surface area contributed by atoms with Crippen LogP contribution in [0.2, 0.25) is 19.1 Å². The van der Waals surface area contributed by atoms with Gasteiger partial charge in [0.1, 0.15) is 0 Å². The lowest BCUT2D eigenvalue weighted by molar-refractivity contribution is 0.283. The van der Waals surface area contributed by atoms with Gasteiger partial charge in [-0.1, -0.05) is 19.3 Å². The normalized spacial score (nSPS) is 12.0. The molecular weight excluding hydrogens is 156 g/mol. The lowest BCUT2D eigenvalue weighted by Gasteiger charge is -2.12. The van der Waals surface area contributed by atoms with Crippen LogP contribution in [0.15, 0.2) is 0 Å². The maximum Gasteiger partial charge on any atom is 0.182 e. The third kappa shape index (κ3) is 10.1. The molecule has 0 spiro atoms. The van der Waals surface area contributed by atoms with Crippen molar-refractivity contribution in [2.24, 2.45) is 0 Å². The molecule has 68 valence electrons. The molecule has 0 radical (unpaired) electrons. The number of aliphatic hydroxyl groups is 1. The van der Waals surface area contributed by atoms with Crippen LogP contribution in [0.1, 0.15) is 25.7 Å². The first-order valence-corrected chi connectivity index (χ1v) is 7.55. The van der Waals surface area contributed by atoms with Gasteiger partial charge in [0.25, 0.3) is 0 Å². The summed E-state index contributed by atoms with van der Waals surface area (Å²) >= 11 is 0. The molecule has 0 amide bonds. The third-order valence-electron chi connectivity index (χ3n) is 1.70. The van der Waals surface area contributed by atoms with Gasteiger partial charge in [-0.25, -0.2) is 0 Å². The third-order valence-corrected chi connectivity index (χ3v) is 3.27. The number of aliphatic hydroxyl groups excluding tert-OH is 1. The van der Waals surface area contributed by atoms with E-state index in [9.17, 15) is 4.80 Å². The zero-order valence-corrected chi connectivity index (χ0v) is 8.64. The number of rotatable bonds is 6. The Bertz CT molecular complexity index is 88.6. The summed E-state index contributed by atoms with van der Waals surface area (Å²) in [5.74, 6) is 0. The second-order valence-electron chi connectivity index (χ2n) is 3.70. The standard InChI is InChI=1S/C8H20O2Si/c1-11(2,10)8-6-4-3-5-7-9/h9-10H,3-8H2,1-2H3. The SMILES string of the molecule is C[Si](C)(O)CCCCCCO. The molecule has 0 fully saturated rings. The van der Waals surface area contributed by atoms with Crippen molar-refractivity contribution in [1.29, 1.82) is 0 Å². The van der Waals surface area contributed by atoms with Gasteiger partial charge in [0.05, 0.1) is 0 Å². The first-order chi connectivity index (χ1) is 5.06. The van der Waals surface area contributed by atoms with Crippen molar-refractivity contribution < 1.29 is 9.90 Å². The molecule has 0 heterocycles. The second-order valence-corrected chi connectivity index (χ2v) is 7.83. The maximum absolute atomic E-state index is 9.46. The van der Waals surface area contributed by atoms with Crippen molar-refractivity contribution in [3.05, 3.63) is 0 Å². The van der Waals surface area contributed by atoms with Crippen molar-refractivity contribution in [2.45, 2.75) is 44.8 Å². The van der Waals surface area contributed by atoms with E-state index in [-0.39, 0.29) is 0 Å². The summed E-state index contributed by atoms with van der Waals surface area (Å²) in [6, 6.07) is 0.998. The van der Waals surface area contributed by atoms with Gasteiger partial charge in [-0.15, -0.1) is 0 Å². The van der Waals surface area contributed by atoms with E-state index in [0.717, 1.165) is 31.7 Å². The van der Waals surface area contributed by atoms with Crippen molar-refractivity contribution >= 4 is 8.32 Å². The Hall–Kier alpha value is 0.137. The Balaban J connectivity index is 3.02. The lowest BCUT2D eigenvalue weighted by atomic mass is 10.2. The van der Waals surface area contributed by atoms with Crippen LogP contribution in [-0.4, -0.2) is 24.8 Å². The number of hydrogen-bond donors (Lipinski definition) is 2. The van der Waals surface area contributed by atoms with Crippen LogP contribution < -0.4 is 0 Å². The van der Waals surface area contributed by atoms with Crippen LogP contribution in [-0.2, 0) is 0 Å². The van der Waals surface area contributed by atoms with Gasteiger partial charge in [-0.2, -0.15) is 0 Å². The molecule has 3 heteroatoms. The topological polar surface area (TPSA) is 40.5 Å². The average Bonchev–Trinajstić information content (AvgIpc) is 1.85. The number of hydrogen-bond acceptors (Lipinski definition) is 2. The summed E-state index contributed by atoms with van der Waals surface area (Å²) in [7, 11) is -1.78. The van der Waals surface area contributed by atoms with Gasteiger partial charge in [0.2, 0.25) is 0 Å². The molecule has 0 bridgehead atoms. The van der Waals surface area contributed by atoms with E-state index in [4.69, 9.17) is 5.11 Å². The highest BCUT2D eigenvalue weighted by Crippen LogP contribution is 2.11. The van der Waals surface area contributed by atoms with Gasteiger partial charge >= 0.3 is 0 Å². The van der Waals surface area contributed by atoms with Crippen LogP contribution >= 0.6 is 0 Å². The number of unbranched alkanes of at least 4 members (excludes halogenated alkanes) is 3. The van der Waals surface area contributed by atoms with Crippen LogP contribution in [0.4, 0.5) is 0 Å². The summed E-state index contributed by atoms with van der Waals surface area (Å²) in [6.45, 7) is 4.25. The molecule has 11 heavy (non-hydrogen) atoms. The highest BCUT2D eigenvalue weighted by Gasteiger charge is 2.14. The molecule has 0 aliphatic heterocycles. The van der Waals surface area contributed by atoms with E-state index in [2.05, 4.69) is 0 Å². The van der Waals surface area contributed by atoms with E-state index >= 15 is 0 Å². The minimum Gasteiger partial charge on any atom is -0.432 e. The van der Waals surface area contributed by atoms with Gasteiger partial charge < -0.3 is 9.90 Å². The first kappa shape index (κ1) is 11.1. The largest absolute Gasteiger partial charge is 0.432 e. The van der Waals surface area contributed by atoms with E-state index < -0.39 is 8.32 Å². The molecule has 2 N–H and O–H groups in total. The second kappa shape index (κ2) is 5.74. The molecule has 0 aromatic carbocycles. The Kier molecular flexibility index (Phi) is 5.82. The molecule has 0 aliphatic carbocycles. The Morgan fingerprint density at radius 1 is 1.00 bits per heavy atom. The lowest BCUT2D eigenvalue weighted by Crippen LogP contribution is -2.23. The van der Waals surface area contributed by atoms with Crippen molar-refractivity contribution in [2.75, 3.05) is 6.61 Å². The van der Waals surface area contributed by atoms with E-state index in [1.165, 1.54) is 0 Å². The molecule has 0 aromatic rings. The molecular formula is C8H20O2Si. The van der Waals surface area contributed by atoms with Gasteiger partial charge in [-0.05, 0) is 25.6 Å². The monoisotopic (exact) mass is 176 g/mol. The molecule has 0 aliphatic rings. The summed E-state index contributed by atoms with van der Waals surface area (Å²) in [6.07, 6.45) is 4.28. The molecule has 0 atom stereocenters. The minimum absolute atomic E-state index is 0.306. The fourth-order valence-electron chi connectivity index (χ4n) is 1.02. The fraction of sp³-hybridized carbons (Fsp3) is 1.00. The molecule has 0 aromatic heterocycles. The van der Waals surface area contributed by atoms with Crippen molar-refractivity contribution in [3.63, 3.8) is 0 Å². The fourth-order valence-corrected chi connectivity index (χ4v) is 2.14. The summed E-state index contributed by atoms with van der Waals surface area (Å²) in [4.78, 5) is 9.46. The highest BCUT2D eigenvalue weighted by atomic mass is 28.4. The van der Waals surface area contributed by atoms with Crippen LogP contribution in [0.3, 0.4) is 0 Å². The maximum atomic E-state index is 9.46. The first-order valence-electron chi connectivity index (χ1n) is 4.39. The van der Waals surface area contributed by atoms with Crippen molar-refractivity contribution in [1.82, 2.24) is 0 Å². The smallest absolute Gasteiger partial charge is 0.182 e. The summed E-state index contributed by atoms with van der Waals surface area (Å²) in [5.41, 5.74) is 0. The highest BCUT2D eigenvalue weighted by molar-refractivity contribution is 6.69. The molecule has 2 nitrogen and oxygen atoms in total. The van der Waals surface area contributed by atoms with E-state index in [0.29, 0.717) is 6.61 Å². The predicted molar refractivity (Wildman–Crippen MR) is 50.1 cm³/mol. The van der Waals surface area contributed by atoms with Gasteiger partial charge in [0, 0.05) is 6.61 Å². The molecule has 0 rings (SSSR count).